The van der Waals surface area contributed by atoms with E-state index in [-0.39, 0.29) is 5.91 Å². The van der Waals surface area contributed by atoms with Crippen molar-refractivity contribution in [1.29, 1.82) is 5.26 Å². The van der Waals surface area contributed by atoms with Crippen molar-refractivity contribution < 1.29 is 4.79 Å². The number of hydrogen-bond acceptors (Lipinski definition) is 4. The molecule has 86 valence electrons. The van der Waals surface area contributed by atoms with Crippen molar-refractivity contribution in [2.24, 2.45) is 12.5 Å². The van der Waals surface area contributed by atoms with Crippen LogP contribution < -0.4 is 5.32 Å². The third-order valence-electron chi connectivity index (χ3n) is 2.13. The number of nitriles is 1. The number of nitrogens with one attached hydrogen (secondary N) is 1. The predicted octanol–water partition coefficient (Wildman–Crippen LogP) is 0.0236. The van der Waals surface area contributed by atoms with E-state index in [9.17, 15) is 4.79 Å². The van der Waals surface area contributed by atoms with Crippen LogP contribution in [0.2, 0.25) is 0 Å². The number of carbonyl (C=O) groups excluding carboxylic acids is 1. The number of hydrogen-bond donors (Lipinski definition) is 1. The quantitative estimate of drug-likeness (QED) is 0.777. The monoisotopic (exact) mass is 221 g/mol. The van der Waals surface area contributed by atoms with Crippen LogP contribution >= 0.6 is 0 Å². The maximum atomic E-state index is 11.5. The molecule has 0 aliphatic heterocycles. The van der Waals surface area contributed by atoms with Gasteiger partial charge in [-0.2, -0.15) is 10.4 Å². The molecule has 0 aliphatic carbocycles. The molecule has 6 nitrogen and oxygen atoms in total. The van der Waals surface area contributed by atoms with Gasteiger partial charge in [0.2, 0.25) is 5.91 Å². The first-order valence-corrected chi connectivity index (χ1v) is 5.00. The number of rotatable bonds is 4. The van der Waals surface area contributed by atoms with Crippen LogP contribution in [0.25, 0.3) is 0 Å². The zero-order valence-electron chi connectivity index (χ0n) is 9.69. The molecular weight excluding hydrogens is 206 g/mol. The molecule has 0 saturated carbocycles. The Balaban J connectivity index is 2.37. The molecule has 0 fully saturated rings. The van der Waals surface area contributed by atoms with Gasteiger partial charge in [-0.1, -0.05) is 0 Å². The van der Waals surface area contributed by atoms with Crippen LogP contribution in [0.3, 0.4) is 0 Å². The molecule has 1 aromatic heterocycles. The van der Waals surface area contributed by atoms with Crippen LogP contribution in [0.1, 0.15) is 19.7 Å². The first kappa shape index (κ1) is 12.2. The van der Waals surface area contributed by atoms with Crippen molar-refractivity contribution in [3.05, 3.63) is 12.2 Å². The van der Waals surface area contributed by atoms with E-state index in [1.54, 1.807) is 31.9 Å². The molecule has 0 atom stereocenters. The Morgan fingerprint density at radius 3 is 2.88 bits per heavy atom. The SMILES string of the molecule is Cn1cnc(CCNC(=O)C(C)(C)C#N)n1. The number of aryl methyl sites for hydroxylation is 1. The molecule has 6 heteroatoms. The van der Waals surface area contributed by atoms with Crippen molar-refractivity contribution in [3.63, 3.8) is 0 Å². The smallest absolute Gasteiger partial charge is 0.239 e. The fourth-order valence-electron chi connectivity index (χ4n) is 1.06. The summed E-state index contributed by atoms with van der Waals surface area (Å²) in [6.45, 7) is 3.61. The average molecular weight is 221 g/mol. The minimum Gasteiger partial charge on any atom is -0.354 e. The van der Waals surface area contributed by atoms with Crippen molar-refractivity contribution in [2.75, 3.05) is 6.54 Å². The van der Waals surface area contributed by atoms with Gasteiger partial charge in [-0.25, -0.2) is 4.98 Å². The van der Waals surface area contributed by atoms with E-state index in [1.807, 2.05) is 6.07 Å². The molecule has 1 N–H and O–H groups in total. The first-order valence-electron chi connectivity index (χ1n) is 5.00. The summed E-state index contributed by atoms with van der Waals surface area (Å²) in [5.74, 6) is 0.406. The second kappa shape index (κ2) is 4.75. The maximum Gasteiger partial charge on any atom is 0.239 e. The number of nitrogens with zero attached hydrogens (tertiary/aromatic N) is 4. The lowest BCUT2D eigenvalue weighted by Crippen LogP contribution is -2.37. The lowest BCUT2D eigenvalue weighted by atomic mass is 9.95. The normalized spacial score (nSPS) is 10.9. The molecule has 1 aromatic rings. The molecule has 0 aromatic carbocycles. The van der Waals surface area contributed by atoms with Crippen LogP contribution in [0.15, 0.2) is 6.33 Å². The summed E-state index contributed by atoms with van der Waals surface area (Å²) in [5, 5.41) is 15.5. The zero-order chi connectivity index (χ0) is 12.2. The molecule has 0 aliphatic rings. The topological polar surface area (TPSA) is 83.6 Å². The van der Waals surface area contributed by atoms with Gasteiger partial charge < -0.3 is 5.32 Å². The third kappa shape index (κ3) is 3.05. The third-order valence-corrected chi connectivity index (χ3v) is 2.13. The molecule has 0 radical (unpaired) electrons. The molecule has 0 spiro atoms. The van der Waals surface area contributed by atoms with Crippen molar-refractivity contribution in [1.82, 2.24) is 20.1 Å². The Morgan fingerprint density at radius 2 is 2.38 bits per heavy atom. The van der Waals surface area contributed by atoms with E-state index in [2.05, 4.69) is 15.4 Å². The van der Waals surface area contributed by atoms with E-state index in [0.717, 1.165) is 0 Å². The molecule has 0 unspecified atom stereocenters. The molecule has 1 heterocycles. The predicted molar refractivity (Wildman–Crippen MR) is 57.1 cm³/mol. The second-order valence-electron chi connectivity index (χ2n) is 4.08. The van der Waals surface area contributed by atoms with Gasteiger partial charge in [0.1, 0.15) is 11.7 Å². The van der Waals surface area contributed by atoms with Crippen molar-refractivity contribution >= 4 is 5.91 Å². The highest BCUT2D eigenvalue weighted by molar-refractivity contribution is 5.84. The van der Waals surface area contributed by atoms with Gasteiger partial charge in [-0.3, -0.25) is 9.48 Å². The van der Waals surface area contributed by atoms with Crippen molar-refractivity contribution in [2.45, 2.75) is 20.3 Å². The van der Waals surface area contributed by atoms with E-state index in [4.69, 9.17) is 5.26 Å². The van der Waals surface area contributed by atoms with Crippen LogP contribution in [-0.2, 0) is 18.3 Å². The summed E-state index contributed by atoms with van der Waals surface area (Å²) in [4.78, 5) is 15.5. The van der Waals surface area contributed by atoms with E-state index < -0.39 is 5.41 Å². The zero-order valence-corrected chi connectivity index (χ0v) is 9.69. The maximum absolute atomic E-state index is 11.5. The van der Waals surface area contributed by atoms with Gasteiger partial charge >= 0.3 is 0 Å². The van der Waals surface area contributed by atoms with Crippen molar-refractivity contribution in [3.8, 4) is 6.07 Å². The Hall–Kier alpha value is -1.90. The molecule has 1 amide bonds. The molecule has 0 bridgehead atoms. The Bertz CT molecular complexity index is 415. The average Bonchev–Trinajstić information content (AvgIpc) is 2.64. The number of carbonyl (C=O) groups is 1. The number of aromatic nitrogens is 3. The summed E-state index contributed by atoms with van der Waals surface area (Å²) in [6.07, 6.45) is 2.17. The Labute approximate surface area is 94.3 Å². The minimum absolute atomic E-state index is 0.272. The lowest BCUT2D eigenvalue weighted by Gasteiger charge is -2.14. The van der Waals surface area contributed by atoms with Crippen LogP contribution in [-0.4, -0.2) is 27.2 Å². The van der Waals surface area contributed by atoms with E-state index in [0.29, 0.717) is 18.8 Å². The Kier molecular flexibility index (Phi) is 3.61. The molecular formula is C10H15N5O. The first-order chi connectivity index (χ1) is 7.45. The highest BCUT2D eigenvalue weighted by Crippen LogP contribution is 2.12. The summed E-state index contributed by atoms with van der Waals surface area (Å²) >= 11 is 0. The molecule has 16 heavy (non-hydrogen) atoms. The molecule has 0 saturated heterocycles. The van der Waals surface area contributed by atoms with Crippen LogP contribution in [0.4, 0.5) is 0 Å². The highest BCUT2D eigenvalue weighted by Gasteiger charge is 2.26. The lowest BCUT2D eigenvalue weighted by molar-refractivity contribution is -0.126. The van der Waals surface area contributed by atoms with Gasteiger partial charge in [0.05, 0.1) is 6.07 Å². The van der Waals surface area contributed by atoms with Crippen LogP contribution in [0.5, 0.6) is 0 Å². The van der Waals surface area contributed by atoms with E-state index >= 15 is 0 Å². The van der Waals surface area contributed by atoms with Gasteiger partial charge in [0.15, 0.2) is 5.82 Å². The fourth-order valence-corrected chi connectivity index (χ4v) is 1.06. The van der Waals surface area contributed by atoms with Gasteiger partial charge in [0.25, 0.3) is 0 Å². The largest absolute Gasteiger partial charge is 0.354 e. The van der Waals surface area contributed by atoms with Crippen LogP contribution in [0, 0.1) is 16.7 Å². The fraction of sp³-hybridized carbons (Fsp3) is 0.600. The van der Waals surface area contributed by atoms with Gasteiger partial charge in [-0.15, -0.1) is 0 Å². The minimum atomic E-state index is -0.989. The number of amides is 1. The summed E-state index contributed by atoms with van der Waals surface area (Å²) in [5.41, 5.74) is -0.989. The highest BCUT2D eigenvalue weighted by atomic mass is 16.2. The van der Waals surface area contributed by atoms with Gasteiger partial charge in [-0.05, 0) is 13.8 Å². The summed E-state index contributed by atoms with van der Waals surface area (Å²) < 4.78 is 1.61. The van der Waals surface area contributed by atoms with Gasteiger partial charge in [0, 0.05) is 20.0 Å². The van der Waals surface area contributed by atoms with E-state index in [1.165, 1.54) is 0 Å². The summed E-state index contributed by atoms with van der Waals surface area (Å²) in [6, 6.07) is 1.95. The molecule has 1 rings (SSSR count). The Morgan fingerprint density at radius 1 is 1.69 bits per heavy atom. The standard InChI is InChI=1S/C10H15N5O/c1-10(2,6-11)9(16)12-5-4-8-13-7-15(3)14-8/h7H,4-5H2,1-3H3,(H,12,16). The second-order valence-corrected chi connectivity index (χ2v) is 4.08. The summed E-state index contributed by atoms with van der Waals surface area (Å²) in [7, 11) is 1.79.